The number of aromatic nitrogens is 1. The molecule has 1 N–H and O–H groups in total. The van der Waals surface area contributed by atoms with Gasteiger partial charge in [0.15, 0.2) is 0 Å². The highest BCUT2D eigenvalue weighted by atomic mass is 16.5. The Bertz CT molecular complexity index is 940. The van der Waals surface area contributed by atoms with E-state index in [-0.39, 0.29) is 11.9 Å². The Morgan fingerprint density at radius 3 is 2.72 bits per heavy atom. The second-order valence-corrected chi connectivity index (χ2v) is 6.22. The second-order valence-electron chi connectivity index (χ2n) is 6.22. The van der Waals surface area contributed by atoms with Crippen molar-refractivity contribution in [3.05, 3.63) is 78.0 Å². The number of benzene rings is 2. The summed E-state index contributed by atoms with van der Waals surface area (Å²) < 4.78 is 5.26. The summed E-state index contributed by atoms with van der Waals surface area (Å²) in [5.41, 5.74) is 4.56. The minimum atomic E-state index is -0.146. The molecule has 0 saturated heterocycles. The molecule has 2 heterocycles. The summed E-state index contributed by atoms with van der Waals surface area (Å²) in [7, 11) is 1.65. The number of amides is 1. The molecular formula is C21H20N2O2. The number of carbonyl (C=O) groups excluding carboxylic acids is 1. The molecule has 1 atom stereocenters. The molecule has 0 spiro atoms. The van der Waals surface area contributed by atoms with Crippen molar-refractivity contribution in [3.8, 4) is 5.75 Å². The predicted molar refractivity (Wildman–Crippen MR) is 98.7 cm³/mol. The van der Waals surface area contributed by atoms with Gasteiger partial charge in [0.2, 0.25) is 5.91 Å². The Kier molecular flexibility index (Phi) is 3.80. The number of methoxy groups -OCH3 is 1. The van der Waals surface area contributed by atoms with Crippen molar-refractivity contribution in [3.63, 3.8) is 0 Å². The lowest BCUT2D eigenvalue weighted by atomic mass is 9.92. The van der Waals surface area contributed by atoms with Crippen molar-refractivity contribution >= 4 is 16.8 Å². The van der Waals surface area contributed by atoms with Crippen LogP contribution in [-0.4, -0.2) is 29.4 Å². The summed E-state index contributed by atoms with van der Waals surface area (Å²) in [5.74, 6) is 0.753. The van der Waals surface area contributed by atoms with Gasteiger partial charge in [-0.25, -0.2) is 0 Å². The molecule has 4 heteroatoms. The molecule has 1 aromatic heterocycles. The molecule has 1 amide bonds. The molecule has 4 nitrogen and oxygen atoms in total. The molecule has 0 bridgehead atoms. The molecule has 1 aliphatic heterocycles. The van der Waals surface area contributed by atoms with Gasteiger partial charge in [-0.2, -0.15) is 0 Å². The SMILES string of the molecule is C=CC(=O)N1CCc2c([nH]c3ccccc23)C1c1ccc(OC)cc1. The third kappa shape index (κ3) is 2.50. The quantitative estimate of drug-likeness (QED) is 0.741. The zero-order valence-corrected chi connectivity index (χ0v) is 14.2. The number of nitrogens with one attached hydrogen (secondary N) is 1. The van der Waals surface area contributed by atoms with Gasteiger partial charge in [-0.1, -0.05) is 36.9 Å². The molecule has 0 radical (unpaired) electrons. The maximum atomic E-state index is 12.5. The number of ether oxygens (including phenoxy) is 1. The van der Waals surface area contributed by atoms with Crippen LogP contribution >= 0.6 is 0 Å². The third-order valence-electron chi connectivity index (χ3n) is 4.92. The van der Waals surface area contributed by atoms with E-state index >= 15 is 0 Å². The summed E-state index contributed by atoms with van der Waals surface area (Å²) in [6, 6.07) is 16.1. The molecule has 0 aliphatic carbocycles. The average molecular weight is 332 g/mol. The first-order chi connectivity index (χ1) is 12.2. The Labute approximate surface area is 146 Å². The number of aromatic amines is 1. The number of carbonyl (C=O) groups is 1. The maximum absolute atomic E-state index is 12.5. The topological polar surface area (TPSA) is 45.3 Å². The summed E-state index contributed by atoms with van der Waals surface area (Å²) in [4.78, 5) is 17.9. The van der Waals surface area contributed by atoms with Crippen LogP contribution in [0.5, 0.6) is 5.75 Å². The van der Waals surface area contributed by atoms with Gasteiger partial charge in [0, 0.05) is 23.1 Å². The fourth-order valence-corrected chi connectivity index (χ4v) is 3.73. The number of rotatable bonds is 3. The Balaban J connectivity index is 1.89. The van der Waals surface area contributed by atoms with E-state index in [1.807, 2.05) is 35.2 Å². The zero-order chi connectivity index (χ0) is 17.4. The number of para-hydroxylation sites is 1. The van der Waals surface area contributed by atoms with E-state index in [1.54, 1.807) is 7.11 Å². The molecule has 3 aromatic rings. The van der Waals surface area contributed by atoms with E-state index in [0.29, 0.717) is 6.54 Å². The van der Waals surface area contributed by atoms with Crippen LogP contribution in [0.4, 0.5) is 0 Å². The van der Waals surface area contributed by atoms with Crippen molar-refractivity contribution < 1.29 is 9.53 Å². The van der Waals surface area contributed by atoms with Gasteiger partial charge in [0.1, 0.15) is 5.75 Å². The molecule has 1 unspecified atom stereocenters. The van der Waals surface area contributed by atoms with E-state index in [2.05, 4.69) is 29.8 Å². The van der Waals surface area contributed by atoms with Gasteiger partial charge >= 0.3 is 0 Å². The van der Waals surface area contributed by atoms with Crippen LogP contribution in [-0.2, 0) is 11.2 Å². The van der Waals surface area contributed by atoms with Crippen molar-refractivity contribution in [1.29, 1.82) is 0 Å². The highest BCUT2D eigenvalue weighted by Gasteiger charge is 2.33. The van der Waals surface area contributed by atoms with Crippen molar-refractivity contribution in [2.24, 2.45) is 0 Å². The zero-order valence-electron chi connectivity index (χ0n) is 14.2. The first-order valence-corrected chi connectivity index (χ1v) is 8.39. The second kappa shape index (κ2) is 6.13. The number of nitrogens with zero attached hydrogens (tertiary/aromatic N) is 1. The molecular weight excluding hydrogens is 312 g/mol. The van der Waals surface area contributed by atoms with Crippen LogP contribution in [0.1, 0.15) is 22.9 Å². The van der Waals surface area contributed by atoms with E-state index in [0.717, 1.165) is 28.9 Å². The van der Waals surface area contributed by atoms with Gasteiger partial charge < -0.3 is 14.6 Å². The normalized spacial score (nSPS) is 16.5. The fraction of sp³-hybridized carbons (Fsp3) is 0.190. The Morgan fingerprint density at radius 1 is 1.24 bits per heavy atom. The average Bonchev–Trinajstić information content (AvgIpc) is 3.05. The Hall–Kier alpha value is -3.01. The van der Waals surface area contributed by atoms with E-state index in [1.165, 1.54) is 17.0 Å². The van der Waals surface area contributed by atoms with Gasteiger partial charge in [0.25, 0.3) is 0 Å². The van der Waals surface area contributed by atoms with Crippen molar-refractivity contribution in [2.75, 3.05) is 13.7 Å². The number of fused-ring (bicyclic) bond motifs is 3. The molecule has 126 valence electrons. The molecule has 1 aliphatic rings. The highest BCUT2D eigenvalue weighted by molar-refractivity contribution is 5.90. The minimum absolute atomic E-state index is 0.0508. The first kappa shape index (κ1) is 15.5. The van der Waals surface area contributed by atoms with Crippen molar-refractivity contribution in [2.45, 2.75) is 12.5 Å². The molecule has 2 aromatic carbocycles. The number of hydrogen-bond acceptors (Lipinski definition) is 2. The maximum Gasteiger partial charge on any atom is 0.246 e. The predicted octanol–water partition coefficient (Wildman–Crippen LogP) is 3.84. The highest BCUT2D eigenvalue weighted by Crippen LogP contribution is 2.38. The molecule has 25 heavy (non-hydrogen) atoms. The largest absolute Gasteiger partial charge is 0.497 e. The molecule has 0 saturated carbocycles. The van der Waals surface area contributed by atoms with Crippen LogP contribution in [0.2, 0.25) is 0 Å². The molecule has 0 fully saturated rings. The summed E-state index contributed by atoms with van der Waals surface area (Å²) >= 11 is 0. The van der Waals surface area contributed by atoms with Gasteiger partial charge in [0.05, 0.1) is 13.2 Å². The van der Waals surface area contributed by atoms with Crippen LogP contribution in [0, 0.1) is 0 Å². The van der Waals surface area contributed by atoms with Gasteiger partial charge in [-0.3, -0.25) is 4.79 Å². The van der Waals surface area contributed by atoms with Crippen LogP contribution in [0.3, 0.4) is 0 Å². The third-order valence-corrected chi connectivity index (χ3v) is 4.92. The summed E-state index contributed by atoms with van der Waals surface area (Å²) in [6.07, 6.45) is 2.23. The van der Waals surface area contributed by atoms with Gasteiger partial charge in [-0.15, -0.1) is 0 Å². The van der Waals surface area contributed by atoms with E-state index in [9.17, 15) is 4.79 Å². The van der Waals surface area contributed by atoms with Gasteiger partial charge in [-0.05, 0) is 41.8 Å². The first-order valence-electron chi connectivity index (χ1n) is 8.39. The lowest BCUT2D eigenvalue weighted by Gasteiger charge is -2.35. The standard InChI is InChI=1S/C21H20N2O2/c1-3-19(24)23-13-12-17-16-6-4-5-7-18(16)22-20(17)21(23)14-8-10-15(25-2)11-9-14/h3-11,21-22H,1,12-13H2,2H3. The summed E-state index contributed by atoms with van der Waals surface area (Å²) in [5, 5.41) is 1.24. The van der Waals surface area contributed by atoms with Crippen LogP contribution < -0.4 is 4.74 Å². The molecule has 4 rings (SSSR count). The lowest BCUT2D eigenvalue weighted by Crippen LogP contribution is -2.39. The van der Waals surface area contributed by atoms with E-state index in [4.69, 9.17) is 4.74 Å². The Morgan fingerprint density at radius 2 is 2.00 bits per heavy atom. The smallest absolute Gasteiger partial charge is 0.246 e. The number of hydrogen-bond donors (Lipinski definition) is 1. The van der Waals surface area contributed by atoms with Crippen LogP contribution in [0.25, 0.3) is 10.9 Å². The minimum Gasteiger partial charge on any atom is -0.497 e. The summed E-state index contributed by atoms with van der Waals surface area (Å²) in [6.45, 7) is 4.35. The lowest BCUT2D eigenvalue weighted by molar-refractivity contribution is -0.128. The van der Waals surface area contributed by atoms with Crippen LogP contribution in [0.15, 0.2) is 61.2 Å². The van der Waals surface area contributed by atoms with Crippen molar-refractivity contribution in [1.82, 2.24) is 9.88 Å². The van der Waals surface area contributed by atoms with E-state index < -0.39 is 0 Å². The fourth-order valence-electron chi connectivity index (χ4n) is 3.73. The number of H-pyrrole nitrogens is 1. The monoisotopic (exact) mass is 332 g/mol.